The van der Waals surface area contributed by atoms with Gasteiger partial charge in [-0.15, -0.1) is 0 Å². The van der Waals surface area contributed by atoms with Gasteiger partial charge in [-0.2, -0.15) is 0 Å². The summed E-state index contributed by atoms with van der Waals surface area (Å²) >= 11 is 0. The Bertz CT molecular complexity index is 210. The van der Waals surface area contributed by atoms with Crippen LogP contribution in [0.25, 0.3) is 0 Å². The lowest BCUT2D eigenvalue weighted by atomic mass is 9.87. The molecule has 1 rings (SSSR count). The molecule has 1 aliphatic carbocycles. The van der Waals surface area contributed by atoms with Crippen molar-refractivity contribution in [1.29, 1.82) is 0 Å². The maximum Gasteiger partial charge on any atom is 0.238 e. The number of rotatable bonds is 5. The largest absolute Gasteiger partial charge is 0.347 e. The van der Waals surface area contributed by atoms with Gasteiger partial charge < -0.3 is 10.2 Å². The van der Waals surface area contributed by atoms with Crippen LogP contribution in [0.4, 0.5) is 0 Å². The van der Waals surface area contributed by atoms with Gasteiger partial charge in [0.2, 0.25) is 5.91 Å². The molecule has 1 atom stereocenters. The zero-order valence-electron chi connectivity index (χ0n) is 11.0. The summed E-state index contributed by atoms with van der Waals surface area (Å²) in [5, 5.41) is 3.32. The third kappa shape index (κ3) is 4.52. The molecule has 1 unspecified atom stereocenters. The fourth-order valence-electron chi connectivity index (χ4n) is 2.45. The van der Waals surface area contributed by atoms with Crippen LogP contribution in [0.15, 0.2) is 0 Å². The van der Waals surface area contributed by atoms with Crippen LogP contribution in [-0.2, 0) is 4.79 Å². The minimum Gasteiger partial charge on any atom is -0.347 e. The summed E-state index contributed by atoms with van der Waals surface area (Å²) in [6.45, 7) is 2.93. The Kier molecular flexibility index (Phi) is 5.81. The molecule has 1 amide bonds. The number of nitrogens with zero attached hydrogens (tertiary/aromatic N) is 1. The highest BCUT2D eigenvalue weighted by Gasteiger charge is 2.16. The molecule has 1 fully saturated rings. The van der Waals surface area contributed by atoms with E-state index in [2.05, 4.69) is 5.32 Å². The second-order valence-corrected chi connectivity index (χ2v) is 5.20. The highest BCUT2D eigenvalue weighted by molar-refractivity contribution is 5.80. The SMILES string of the molecule is CC(NCCC1CCCCC1)C(=O)N(C)C. The van der Waals surface area contributed by atoms with Gasteiger partial charge in [-0.05, 0) is 25.8 Å². The van der Waals surface area contributed by atoms with Crippen molar-refractivity contribution in [2.24, 2.45) is 5.92 Å². The van der Waals surface area contributed by atoms with Gasteiger partial charge in [0.1, 0.15) is 0 Å². The minimum atomic E-state index is -0.0430. The molecule has 16 heavy (non-hydrogen) atoms. The molecular weight excluding hydrogens is 200 g/mol. The quantitative estimate of drug-likeness (QED) is 0.778. The fraction of sp³-hybridized carbons (Fsp3) is 0.923. The van der Waals surface area contributed by atoms with E-state index < -0.39 is 0 Å². The monoisotopic (exact) mass is 226 g/mol. The van der Waals surface area contributed by atoms with Crippen molar-refractivity contribution in [1.82, 2.24) is 10.2 Å². The van der Waals surface area contributed by atoms with Crippen molar-refractivity contribution in [3.63, 3.8) is 0 Å². The third-order valence-electron chi connectivity index (χ3n) is 3.54. The van der Waals surface area contributed by atoms with E-state index in [1.165, 1.54) is 38.5 Å². The molecule has 0 aromatic carbocycles. The van der Waals surface area contributed by atoms with Crippen molar-refractivity contribution < 1.29 is 4.79 Å². The van der Waals surface area contributed by atoms with Crippen molar-refractivity contribution >= 4 is 5.91 Å². The number of carbonyl (C=O) groups is 1. The van der Waals surface area contributed by atoms with Gasteiger partial charge in [-0.1, -0.05) is 32.1 Å². The topological polar surface area (TPSA) is 32.3 Å². The molecule has 1 saturated carbocycles. The number of hydrogen-bond acceptors (Lipinski definition) is 2. The van der Waals surface area contributed by atoms with Gasteiger partial charge >= 0.3 is 0 Å². The summed E-state index contributed by atoms with van der Waals surface area (Å²) in [5.41, 5.74) is 0. The first kappa shape index (κ1) is 13.5. The average molecular weight is 226 g/mol. The van der Waals surface area contributed by atoms with Gasteiger partial charge in [-0.3, -0.25) is 4.79 Å². The standard InChI is InChI=1S/C13H26N2O/c1-11(13(16)15(2)3)14-10-9-12-7-5-4-6-8-12/h11-12,14H,4-10H2,1-3H3. The maximum atomic E-state index is 11.6. The number of hydrogen-bond donors (Lipinski definition) is 1. The summed E-state index contributed by atoms with van der Waals surface area (Å²) in [6.07, 6.45) is 8.22. The van der Waals surface area contributed by atoms with Crippen molar-refractivity contribution in [2.75, 3.05) is 20.6 Å². The molecule has 0 radical (unpaired) electrons. The second kappa shape index (κ2) is 6.89. The number of amides is 1. The number of nitrogens with one attached hydrogen (secondary N) is 1. The lowest BCUT2D eigenvalue weighted by molar-refractivity contribution is -0.130. The van der Waals surface area contributed by atoms with Gasteiger partial charge in [0.15, 0.2) is 0 Å². The lowest BCUT2D eigenvalue weighted by Gasteiger charge is -2.23. The smallest absolute Gasteiger partial charge is 0.238 e. The maximum absolute atomic E-state index is 11.6. The highest BCUT2D eigenvalue weighted by Crippen LogP contribution is 2.25. The third-order valence-corrected chi connectivity index (χ3v) is 3.54. The first-order chi connectivity index (χ1) is 7.61. The molecular formula is C13H26N2O. The van der Waals surface area contributed by atoms with E-state index in [4.69, 9.17) is 0 Å². The van der Waals surface area contributed by atoms with Gasteiger partial charge in [0.25, 0.3) is 0 Å². The summed E-state index contributed by atoms with van der Waals surface area (Å²) in [5.74, 6) is 1.06. The molecule has 0 aromatic heterocycles. The molecule has 1 N–H and O–H groups in total. The predicted molar refractivity (Wildman–Crippen MR) is 67.4 cm³/mol. The lowest BCUT2D eigenvalue weighted by Crippen LogP contribution is -2.42. The van der Waals surface area contributed by atoms with E-state index in [1.807, 2.05) is 21.0 Å². The van der Waals surface area contributed by atoms with E-state index in [0.717, 1.165) is 12.5 Å². The Labute approximate surface area is 99.6 Å². The molecule has 3 heteroatoms. The number of likely N-dealkylation sites (N-methyl/N-ethyl adjacent to an activating group) is 1. The highest BCUT2D eigenvalue weighted by atomic mass is 16.2. The summed E-state index contributed by atoms with van der Waals surface area (Å²) in [7, 11) is 3.61. The van der Waals surface area contributed by atoms with Crippen LogP contribution in [0, 0.1) is 5.92 Å². The number of carbonyl (C=O) groups excluding carboxylic acids is 1. The molecule has 94 valence electrons. The Morgan fingerprint density at radius 2 is 1.94 bits per heavy atom. The van der Waals surface area contributed by atoms with Gasteiger partial charge in [0.05, 0.1) is 6.04 Å². The Morgan fingerprint density at radius 3 is 2.50 bits per heavy atom. The molecule has 0 aliphatic heterocycles. The van der Waals surface area contributed by atoms with Crippen molar-refractivity contribution in [3.05, 3.63) is 0 Å². The predicted octanol–water partition coefficient (Wildman–Crippen LogP) is 2.02. The molecule has 0 heterocycles. The molecule has 0 aromatic rings. The normalized spacial score (nSPS) is 19.4. The zero-order chi connectivity index (χ0) is 12.0. The molecule has 0 saturated heterocycles. The van der Waals surface area contributed by atoms with E-state index in [-0.39, 0.29) is 11.9 Å². The minimum absolute atomic E-state index is 0.0430. The summed E-state index contributed by atoms with van der Waals surface area (Å²) in [6, 6.07) is -0.0430. The Hall–Kier alpha value is -0.570. The van der Waals surface area contributed by atoms with Crippen molar-refractivity contribution in [3.8, 4) is 0 Å². The van der Waals surface area contributed by atoms with Crippen molar-refractivity contribution in [2.45, 2.75) is 51.5 Å². The van der Waals surface area contributed by atoms with Gasteiger partial charge in [0, 0.05) is 14.1 Å². The van der Waals surface area contributed by atoms with Crippen LogP contribution in [0.2, 0.25) is 0 Å². The van der Waals surface area contributed by atoms with Crippen LogP contribution in [-0.4, -0.2) is 37.5 Å². The van der Waals surface area contributed by atoms with Crippen LogP contribution >= 0.6 is 0 Å². The average Bonchev–Trinajstić information content (AvgIpc) is 2.29. The van der Waals surface area contributed by atoms with Crippen LogP contribution in [0.3, 0.4) is 0 Å². The van der Waals surface area contributed by atoms with Crippen LogP contribution < -0.4 is 5.32 Å². The molecule has 1 aliphatic rings. The summed E-state index contributed by atoms with van der Waals surface area (Å²) in [4.78, 5) is 13.2. The molecule has 0 spiro atoms. The van der Waals surface area contributed by atoms with E-state index in [9.17, 15) is 4.79 Å². The first-order valence-corrected chi connectivity index (χ1v) is 6.56. The van der Waals surface area contributed by atoms with Crippen LogP contribution in [0.5, 0.6) is 0 Å². The van der Waals surface area contributed by atoms with E-state index in [0.29, 0.717) is 0 Å². The molecule has 3 nitrogen and oxygen atoms in total. The Balaban J connectivity index is 2.12. The fourth-order valence-corrected chi connectivity index (χ4v) is 2.45. The Morgan fingerprint density at radius 1 is 1.31 bits per heavy atom. The van der Waals surface area contributed by atoms with Crippen LogP contribution in [0.1, 0.15) is 45.4 Å². The van der Waals surface area contributed by atoms with Gasteiger partial charge in [-0.25, -0.2) is 0 Å². The second-order valence-electron chi connectivity index (χ2n) is 5.20. The van der Waals surface area contributed by atoms with E-state index >= 15 is 0 Å². The van der Waals surface area contributed by atoms with E-state index in [1.54, 1.807) is 4.90 Å². The zero-order valence-corrected chi connectivity index (χ0v) is 11.0. The first-order valence-electron chi connectivity index (χ1n) is 6.56. The molecule has 0 bridgehead atoms. The summed E-state index contributed by atoms with van der Waals surface area (Å²) < 4.78 is 0.